The van der Waals surface area contributed by atoms with Crippen LogP contribution in [0.5, 0.6) is 0 Å². The van der Waals surface area contributed by atoms with Crippen LogP contribution in [0.2, 0.25) is 0 Å². The van der Waals surface area contributed by atoms with Gasteiger partial charge in [0.05, 0.1) is 12.5 Å². The van der Waals surface area contributed by atoms with Crippen LogP contribution < -0.4 is 5.32 Å². The summed E-state index contributed by atoms with van der Waals surface area (Å²) in [7, 11) is 0. The molecule has 1 N–H and O–H groups in total. The minimum absolute atomic E-state index is 0.0538. The Kier molecular flexibility index (Phi) is 5.55. The molecule has 26 heavy (non-hydrogen) atoms. The highest BCUT2D eigenvalue weighted by molar-refractivity contribution is 5.92. The number of benzene rings is 1. The van der Waals surface area contributed by atoms with Gasteiger partial charge in [-0.15, -0.1) is 0 Å². The molecule has 0 bridgehead atoms. The van der Waals surface area contributed by atoms with E-state index in [2.05, 4.69) is 5.32 Å². The lowest BCUT2D eigenvalue weighted by Gasteiger charge is -2.33. The lowest BCUT2D eigenvalue weighted by Crippen LogP contribution is -2.45. The van der Waals surface area contributed by atoms with Gasteiger partial charge >= 0.3 is 0 Å². The van der Waals surface area contributed by atoms with Crippen LogP contribution in [0, 0.1) is 12.8 Å². The summed E-state index contributed by atoms with van der Waals surface area (Å²) in [5.41, 5.74) is 1.88. The number of hydrogen-bond acceptors (Lipinski definition) is 3. The van der Waals surface area contributed by atoms with Gasteiger partial charge in [0.2, 0.25) is 11.8 Å². The first-order chi connectivity index (χ1) is 12.3. The molecule has 2 amide bonds. The van der Waals surface area contributed by atoms with Crippen molar-refractivity contribution in [2.45, 2.75) is 32.1 Å². The minimum Gasteiger partial charge on any atom is -0.342 e. The van der Waals surface area contributed by atoms with Gasteiger partial charge in [-0.3, -0.25) is 14.5 Å². The second-order valence-corrected chi connectivity index (χ2v) is 7.32. The molecule has 2 fully saturated rings. The second-order valence-electron chi connectivity index (χ2n) is 7.32. The third-order valence-corrected chi connectivity index (χ3v) is 5.13. The van der Waals surface area contributed by atoms with Crippen molar-refractivity contribution in [1.29, 1.82) is 0 Å². The van der Waals surface area contributed by atoms with Gasteiger partial charge in [-0.25, -0.2) is 8.78 Å². The first-order valence-corrected chi connectivity index (χ1v) is 9.08. The summed E-state index contributed by atoms with van der Waals surface area (Å²) in [6.07, 6.45) is 0.159. The van der Waals surface area contributed by atoms with Crippen LogP contribution in [-0.2, 0) is 9.59 Å². The molecular weight excluding hydrogens is 340 g/mol. The van der Waals surface area contributed by atoms with Crippen LogP contribution in [0.25, 0.3) is 0 Å². The number of carbonyl (C=O) groups is 2. The molecule has 3 rings (SSSR count). The number of aryl methyl sites for hydroxylation is 1. The fourth-order valence-electron chi connectivity index (χ4n) is 3.53. The Morgan fingerprint density at radius 2 is 1.81 bits per heavy atom. The Balaban J connectivity index is 1.45. The van der Waals surface area contributed by atoms with Gasteiger partial charge in [0.25, 0.3) is 5.92 Å². The SMILES string of the molecule is Cc1ccc(NC(=O)CN2CCC(C(=O)N3CCC(F)(F)CC3)C2)cc1. The Labute approximate surface area is 152 Å². The van der Waals surface area contributed by atoms with Gasteiger partial charge in [0.1, 0.15) is 0 Å². The zero-order valence-electron chi connectivity index (χ0n) is 15.0. The molecule has 2 heterocycles. The van der Waals surface area contributed by atoms with Gasteiger partial charge < -0.3 is 10.2 Å². The van der Waals surface area contributed by atoms with Crippen LogP contribution in [-0.4, -0.2) is 60.3 Å². The van der Waals surface area contributed by atoms with Crippen LogP contribution in [0.4, 0.5) is 14.5 Å². The number of anilines is 1. The molecule has 1 unspecified atom stereocenters. The van der Waals surface area contributed by atoms with Crippen molar-refractivity contribution in [3.05, 3.63) is 29.8 Å². The number of carbonyl (C=O) groups excluding carboxylic acids is 2. The molecule has 7 heteroatoms. The van der Waals surface area contributed by atoms with E-state index in [4.69, 9.17) is 0 Å². The zero-order chi connectivity index (χ0) is 18.7. The van der Waals surface area contributed by atoms with Crippen LogP contribution >= 0.6 is 0 Å². The Bertz CT molecular complexity index is 653. The first-order valence-electron chi connectivity index (χ1n) is 9.08. The fraction of sp³-hybridized carbons (Fsp3) is 0.579. The highest BCUT2D eigenvalue weighted by Gasteiger charge is 2.38. The van der Waals surface area contributed by atoms with E-state index in [1.54, 1.807) is 4.90 Å². The summed E-state index contributed by atoms with van der Waals surface area (Å²) in [5.74, 6) is -3.01. The number of rotatable bonds is 4. The van der Waals surface area contributed by atoms with E-state index in [0.717, 1.165) is 11.3 Å². The molecule has 0 radical (unpaired) electrons. The Morgan fingerprint density at radius 1 is 1.15 bits per heavy atom. The summed E-state index contributed by atoms with van der Waals surface area (Å²) in [5, 5.41) is 2.85. The summed E-state index contributed by atoms with van der Waals surface area (Å²) in [6, 6.07) is 7.58. The maximum Gasteiger partial charge on any atom is 0.251 e. The predicted octanol–water partition coefficient (Wildman–Crippen LogP) is 2.51. The minimum atomic E-state index is -2.65. The van der Waals surface area contributed by atoms with E-state index < -0.39 is 5.92 Å². The molecule has 1 aromatic carbocycles. The standard InChI is InChI=1S/C19H25F2N3O2/c1-14-2-4-16(5-3-14)22-17(25)13-23-9-6-15(12-23)18(26)24-10-7-19(20,21)8-11-24/h2-5,15H,6-13H2,1H3,(H,22,25). The molecule has 1 atom stereocenters. The highest BCUT2D eigenvalue weighted by Crippen LogP contribution is 2.29. The Morgan fingerprint density at radius 3 is 2.46 bits per heavy atom. The molecule has 142 valence electrons. The van der Waals surface area contributed by atoms with Gasteiger partial charge in [0.15, 0.2) is 0 Å². The molecule has 2 saturated heterocycles. The van der Waals surface area contributed by atoms with Crippen LogP contribution in [0.1, 0.15) is 24.8 Å². The number of alkyl halides is 2. The molecule has 2 aliphatic rings. The van der Waals surface area contributed by atoms with Gasteiger partial charge in [-0.2, -0.15) is 0 Å². The van der Waals surface area contributed by atoms with Crippen molar-refractivity contribution in [2.24, 2.45) is 5.92 Å². The smallest absolute Gasteiger partial charge is 0.251 e. The van der Waals surface area contributed by atoms with Crippen LogP contribution in [0.3, 0.4) is 0 Å². The Hall–Kier alpha value is -2.02. The fourth-order valence-corrected chi connectivity index (χ4v) is 3.53. The largest absolute Gasteiger partial charge is 0.342 e. The maximum absolute atomic E-state index is 13.2. The van der Waals surface area contributed by atoms with E-state index >= 15 is 0 Å². The normalized spacial score (nSPS) is 23.0. The van der Waals surface area contributed by atoms with E-state index in [0.29, 0.717) is 19.5 Å². The van der Waals surface area contributed by atoms with E-state index in [1.165, 1.54) is 0 Å². The number of piperidine rings is 1. The average Bonchev–Trinajstić information content (AvgIpc) is 3.04. The molecule has 0 aromatic heterocycles. The summed E-state index contributed by atoms with van der Waals surface area (Å²) in [4.78, 5) is 28.2. The molecule has 0 saturated carbocycles. The zero-order valence-corrected chi connectivity index (χ0v) is 15.0. The first kappa shape index (κ1) is 18.8. The number of amides is 2. The monoisotopic (exact) mass is 365 g/mol. The molecule has 0 spiro atoms. The predicted molar refractivity (Wildman–Crippen MR) is 95.1 cm³/mol. The van der Waals surface area contributed by atoms with E-state index in [1.807, 2.05) is 36.1 Å². The lowest BCUT2D eigenvalue weighted by molar-refractivity contribution is -0.141. The van der Waals surface area contributed by atoms with Gasteiger partial charge in [0, 0.05) is 38.2 Å². The molecular formula is C19H25F2N3O2. The van der Waals surface area contributed by atoms with Crippen LogP contribution in [0.15, 0.2) is 24.3 Å². The van der Waals surface area contributed by atoms with Crippen molar-refractivity contribution < 1.29 is 18.4 Å². The van der Waals surface area contributed by atoms with Gasteiger partial charge in [-0.05, 0) is 32.0 Å². The topological polar surface area (TPSA) is 52.7 Å². The highest BCUT2D eigenvalue weighted by atomic mass is 19.3. The third-order valence-electron chi connectivity index (χ3n) is 5.13. The van der Waals surface area contributed by atoms with E-state index in [-0.39, 0.29) is 50.2 Å². The third kappa shape index (κ3) is 4.78. The van der Waals surface area contributed by atoms with Crippen molar-refractivity contribution in [1.82, 2.24) is 9.80 Å². The number of nitrogens with zero attached hydrogens (tertiary/aromatic N) is 2. The molecule has 0 aliphatic carbocycles. The number of nitrogens with one attached hydrogen (secondary N) is 1. The average molecular weight is 365 g/mol. The quantitative estimate of drug-likeness (QED) is 0.892. The number of likely N-dealkylation sites (tertiary alicyclic amines) is 2. The summed E-state index contributed by atoms with van der Waals surface area (Å²) < 4.78 is 26.5. The van der Waals surface area contributed by atoms with Crippen molar-refractivity contribution in [2.75, 3.05) is 38.0 Å². The van der Waals surface area contributed by atoms with Gasteiger partial charge in [-0.1, -0.05) is 17.7 Å². The van der Waals surface area contributed by atoms with Crippen molar-refractivity contribution >= 4 is 17.5 Å². The number of hydrogen-bond donors (Lipinski definition) is 1. The van der Waals surface area contributed by atoms with E-state index in [9.17, 15) is 18.4 Å². The molecule has 2 aliphatic heterocycles. The molecule has 5 nitrogen and oxygen atoms in total. The second kappa shape index (κ2) is 7.70. The van der Waals surface area contributed by atoms with Crippen molar-refractivity contribution in [3.63, 3.8) is 0 Å². The summed E-state index contributed by atoms with van der Waals surface area (Å²) in [6.45, 7) is 3.63. The lowest BCUT2D eigenvalue weighted by atomic mass is 10.0. The van der Waals surface area contributed by atoms with Crippen molar-refractivity contribution in [3.8, 4) is 0 Å². The molecule has 1 aromatic rings. The number of halogens is 2. The summed E-state index contributed by atoms with van der Waals surface area (Å²) >= 11 is 0. The maximum atomic E-state index is 13.2.